The Morgan fingerprint density at radius 3 is 2.02 bits per heavy atom. The first kappa shape index (κ1) is 40.1. The number of anilines is 2. The van der Waals surface area contributed by atoms with E-state index in [0.717, 1.165) is 74.0 Å². The van der Waals surface area contributed by atoms with Crippen LogP contribution in [-0.2, 0) is 21.7 Å². The number of para-hydroxylation sites is 1. The SMILES string of the molecule is CC(C)(C)c1ccc(Nc2cc3oc4ccccc4c3cc2-c2c3c4c(c5cc6c(cc5n4-c4c(oc5ccc(C(C)(C)C)cc45)[B]3)C(C)(C)CCC6(C)C)c3sc4ccccc4c23)cc1. The van der Waals surface area contributed by atoms with Crippen LogP contribution in [0.25, 0.3) is 91.7 Å². The quantitative estimate of drug-likeness (QED) is 0.180. The van der Waals surface area contributed by atoms with Crippen molar-refractivity contribution in [3.05, 3.63) is 138 Å². The van der Waals surface area contributed by atoms with Gasteiger partial charge in [-0.15, -0.1) is 11.3 Å². The van der Waals surface area contributed by atoms with Gasteiger partial charge in [0, 0.05) is 64.4 Å². The van der Waals surface area contributed by atoms with Gasteiger partial charge in [-0.1, -0.05) is 124 Å². The van der Waals surface area contributed by atoms with Gasteiger partial charge in [0.25, 0.3) is 0 Å². The van der Waals surface area contributed by atoms with E-state index in [-0.39, 0.29) is 21.7 Å². The molecule has 0 saturated carbocycles. The maximum Gasteiger partial charge on any atom is 0.247 e. The third kappa shape index (κ3) is 5.63. The van der Waals surface area contributed by atoms with E-state index in [1.165, 1.54) is 75.3 Å². The van der Waals surface area contributed by atoms with Crippen molar-refractivity contribution in [2.45, 2.75) is 104 Å². The number of nitrogens with one attached hydrogen (secondary N) is 1. The van der Waals surface area contributed by atoms with Gasteiger partial charge in [0.15, 0.2) is 0 Å². The van der Waals surface area contributed by atoms with Crippen LogP contribution in [0.4, 0.5) is 11.4 Å². The molecule has 6 heteroatoms. The molecule has 0 spiro atoms. The largest absolute Gasteiger partial charge is 0.469 e. The lowest BCUT2D eigenvalue weighted by Crippen LogP contribution is -2.36. The molecule has 0 bridgehead atoms. The highest BCUT2D eigenvalue weighted by molar-refractivity contribution is 7.27. The van der Waals surface area contributed by atoms with Crippen molar-refractivity contribution >= 4 is 116 Å². The molecule has 5 heterocycles. The van der Waals surface area contributed by atoms with E-state index in [1.54, 1.807) is 0 Å². The topological polar surface area (TPSA) is 43.2 Å². The number of thiophene rings is 1. The lowest BCUT2D eigenvalue weighted by atomic mass is 9.61. The fraction of sp³-hybridized carbons (Fsp3) is 0.267. The van der Waals surface area contributed by atoms with Crippen LogP contribution in [0.1, 0.15) is 104 Å². The van der Waals surface area contributed by atoms with E-state index in [2.05, 4.69) is 202 Å². The minimum Gasteiger partial charge on any atom is -0.469 e. The summed E-state index contributed by atoms with van der Waals surface area (Å²) in [6.45, 7) is 23.5. The fourth-order valence-electron chi connectivity index (χ4n) is 11.5. The molecule has 66 heavy (non-hydrogen) atoms. The van der Waals surface area contributed by atoms with E-state index >= 15 is 0 Å². The zero-order valence-corrected chi connectivity index (χ0v) is 40.4. The average Bonchev–Trinajstić information content (AvgIpc) is 4.03. The van der Waals surface area contributed by atoms with E-state index in [9.17, 15) is 0 Å². The van der Waals surface area contributed by atoms with Gasteiger partial charge >= 0.3 is 0 Å². The van der Waals surface area contributed by atoms with Gasteiger partial charge in [-0.3, -0.25) is 0 Å². The Labute approximate surface area is 390 Å². The van der Waals surface area contributed by atoms with Crippen LogP contribution in [0.15, 0.2) is 124 Å². The Morgan fingerprint density at radius 2 is 1.27 bits per heavy atom. The minimum absolute atomic E-state index is 0.0276. The summed E-state index contributed by atoms with van der Waals surface area (Å²) in [6.07, 6.45) is 2.31. The number of aromatic nitrogens is 1. The molecule has 0 amide bonds. The second-order valence-electron chi connectivity index (χ2n) is 22.7. The van der Waals surface area contributed by atoms with Gasteiger partial charge in [-0.05, 0) is 122 Å². The van der Waals surface area contributed by atoms with Crippen LogP contribution >= 0.6 is 11.3 Å². The summed E-state index contributed by atoms with van der Waals surface area (Å²) in [5, 5.41) is 12.5. The molecule has 325 valence electrons. The Hall–Kier alpha value is -6.24. The van der Waals surface area contributed by atoms with Crippen LogP contribution in [-0.4, -0.2) is 11.8 Å². The Kier molecular flexibility index (Phi) is 8.03. The first-order chi connectivity index (χ1) is 31.4. The molecule has 7 aromatic carbocycles. The summed E-state index contributed by atoms with van der Waals surface area (Å²) in [5.74, 6) is 0. The van der Waals surface area contributed by atoms with Crippen molar-refractivity contribution in [3.8, 4) is 16.8 Å². The third-order valence-electron chi connectivity index (χ3n) is 15.4. The van der Waals surface area contributed by atoms with E-state index in [1.807, 2.05) is 11.3 Å². The first-order valence-electron chi connectivity index (χ1n) is 23.7. The zero-order chi connectivity index (χ0) is 45.4. The second-order valence-corrected chi connectivity index (χ2v) is 23.7. The van der Waals surface area contributed by atoms with E-state index in [4.69, 9.17) is 8.83 Å². The van der Waals surface area contributed by atoms with Crippen LogP contribution in [0.3, 0.4) is 0 Å². The molecule has 1 aliphatic carbocycles. The summed E-state index contributed by atoms with van der Waals surface area (Å²) in [6, 6.07) is 43.1. The maximum atomic E-state index is 7.10. The van der Waals surface area contributed by atoms with Crippen molar-refractivity contribution in [1.29, 1.82) is 0 Å². The molecule has 0 fully saturated rings. The average molecular weight is 878 g/mol. The Bertz CT molecular complexity index is 3890. The summed E-state index contributed by atoms with van der Waals surface area (Å²) < 4.78 is 19.0. The summed E-state index contributed by atoms with van der Waals surface area (Å²) in [5.41, 5.74) is 18.3. The lowest BCUT2D eigenvalue weighted by molar-refractivity contribution is 0.332. The molecule has 1 aliphatic heterocycles. The fourth-order valence-corrected chi connectivity index (χ4v) is 12.8. The highest BCUT2D eigenvalue weighted by Crippen LogP contribution is 2.53. The minimum atomic E-state index is -0.0276. The number of hydrogen-bond acceptors (Lipinski definition) is 4. The molecule has 0 atom stereocenters. The van der Waals surface area contributed by atoms with Gasteiger partial charge in [0.2, 0.25) is 7.28 Å². The molecule has 1 radical (unpaired) electrons. The molecule has 0 saturated heterocycles. The standard InChI is InChI=1S/C60H54BN2O2S/c1-57(2,3)32-19-22-34(23-20-32)62-43-31-47-37(35-15-11-13-17-45(35)64-47)28-38(43)49-50-36-16-12-14-18-48(36)66-55(50)51-39-29-41-42(60(9,10)26-25-59(41,7)8)30-44(39)63-53-40-27-33(58(4,5)6)21-24-46(40)65-56(53)61-52(49)54(51)63/h11-24,27-31,62H,25-26H2,1-10H3. The molecule has 2 aliphatic rings. The number of benzene rings is 7. The summed E-state index contributed by atoms with van der Waals surface area (Å²) >= 11 is 1.93. The van der Waals surface area contributed by atoms with E-state index in [0.29, 0.717) is 0 Å². The van der Waals surface area contributed by atoms with Gasteiger partial charge in [0.05, 0.1) is 28.1 Å². The van der Waals surface area contributed by atoms with Crippen LogP contribution in [0, 0.1) is 0 Å². The number of nitrogens with zero attached hydrogens (tertiary/aromatic N) is 1. The van der Waals surface area contributed by atoms with Crippen LogP contribution in [0.2, 0.25) is 0 Å². The van der Waals surface area contributed by atoms with Gasteiger partial charge < -0.3 is 18.7 Å². The second kappa shape index (κ2) is 13.2. The normalized spacial score (nSPS) is 15.7. The predicted molar refractivity (Wildman–Crippen MR) is 284 cm³/mol. The van der Waals surface area contributed by atoms with Gasteiger partial charge in [-0.2, -0.15) is 0 Å². The molecular formula is C60H54BN2O2S. The third-order valence-corrected chi connectivity index (χ3v) is 16.6. The van der Waals surface area contributed by atoms with Crippen molar-refractivity contribution in [3.63, 3.8) is 0 Å². The van der Waals surface area contributed by atoms with Crippen molar-refractivity contribution < 1.29 is 8.83 Å². The maximum absolute atomic E-state index is 7.10. The number of rotatable bonds is 3. The smallest absolute Gasteiger partial charge is 0.247 e. The van der Waals surface area contributed by atoms with Crippen molar-refractivity contribution in [2.24, 2.45) is 0 Å². The molecule has 4 nitrogen and oxygen atoms in total. The van der Waals surface area contributed by atoms with Crippen molar-refractivity contribution in [1.82, 2.24) is 4.57 Å². The highest BCUT2D eigenvalue weighted by atomic mass is 32.1. The Morgan fingerprint density at radius 1 is 0.606 bits per heavy atom. The summed E-state index contributed by atoms with van der Waals surface area (Å²) in [4.78, 5) is 0. The number of hydrogen-bond donors (Lipinski definition) is 1. The summed E-state index contributed by atoms with van der Waals surface area (Å²) in [7, 11) is 2.38. The first-order valence-corrected chi connectivity index (χ1v) is 24.5. The molecule has 11 aromatic rings. The van der Waals surface area contributed by atoms with Crippen molar-refractivity contribution in [2.75, 3.05) is 5.32 Å². The Balaban J connectivity index is 1.22. The molecule has 13 rings (SSSR count). The van der Waals surface area contributed by atoms with Gasteiger partial charge in [0.1, 0.15) is 16.7 Å². The number of fused-ring (bicyclic) bond motifs is 15. The molecular weight excluding hydrogens is 824 g/mol. The number of furan rings is 2. The van der Waals surface area contributed by atoms with E-state index < -0.39 is 0 Å². The van der Waals surface area contributed by atoms with Gasteiger partial charge in [-0.25, -0.2) is 0 Å². The zero-order valence-electron chi connectivity index (χ0n) is 39.6. The monoisotopic (exact) mass is 877 g/mol. The van der Waals surface area contributed by atoms with Crippen LogP contribution < -0.4 is 16.4 Å². The molecule has 4 aromatic heterocycles. The van der Waals surface area contributed by atoms with Crippen LogP contribution in [0.5, 0.6) is 0 Å². The highest BCUT2D eigenvalue weighted by Gasteiger charge is 2.40. The lowest BCUT2D eigenvalue weighted by Gasteiger charge is -2.42. The molecule has 1 N–H and O–H groups in total. The predicted octanol–water partition coefficient (Wildman–Crippen LogP) is 16.1. The molecule has 0 unspecified atom stereocenters.